The van der Waals surface area contributed by atoms with Crippen LogP contribution in [0.5, 0.6) is 0 Å². The summed E-state index contributed by atoms with van der Waals surface area (Å²) >= 11 is 0. The summed E-state index contributed by atoms with van der Waals surface area (Å²) in [5.74, 6) is -0.614. The van der Waals surface area contributed by atoms with Crippen molar-refractivity contribution in [3.8, 4) is 0 Å². The van der Waals surface area contributed by atoms with Gasteiger partial charge in [-0.2, -0.15) is 0 Å². The minimum Gasteiger partial charge on any atom is -0.444 e. The predicted molar refractivity (Wildman–Crippen MR) is 158 cm³/mol. The number of alkyl carbamates (subject to hydrolysis) is 1. The molecule has 7 nitrogen and oxygen atoms in total. The number of carbonyl (C=O) groups is 3. The van der Waals surface area contributed by atoms with Crippen molar-refractivity contribution in [1.29, 1.82) is 0 Å². The first-order chi connectivity index (χ1) is 18.4. The number of anilines is 1. The van der Waals surface area contributed by atoms with Crippen molar-refractivity contribution in [3.05, 3.63) is 64.7 Å². The van der Waals surface area contributed by atoms with Crippen molar-refractivity contribution in [3.63, 3.8) is 0 Å². The van der Waals surface area contributed by atoms with E-state index in [0.29, 0.717) is 12.2 Å². The van der Waals surface area contributed by atoms with Crippen LogP contribution in [0.15, 0.2) is 42.5 Å². The molecule has 7 heteroatoms. The smallest absolute Gasteiger partial charge is 0.408 e. The number of amides is 3. The molecular weight excluding hydrogens is 490 g/mol. The maximum absolute atomic E-state index is 14.1. The Balaban J connectivity index is 2.49. The molecule has 214 valence electrons. The van der Waals surface area contributed by atoms with Gasteiger partial charge >= 0.3 is 6.09 Å². The average Bonchev–Trinajstić information content (AvgIpc) is 2.84. The number of nitrogens with one attached hydrogen (secondary N) is 2. The van der Waals surface area contributed by atoms with Gasteiger partial charge in [-0.3, -0.25) is 9.59 Å². The van der Waals surface area contributed by atoms with Gasteiger partial charge in [0.1, 0.15) is 17.7 Å². The van der Waals surface area contributed by atoms with E-state index in [9.17, 15) is 14.4 Å². The van der Waals surface area contributed by atoms with Crippen molar-refractivity contribution in [2.45, 2.75) is 105 Å². The van der Waals surface area contributed by atoms with Crippen molar-refractivity contribution in [2.24, 2.45) is 0 Å². The molecule has 2 unspecified atom stereocenters. The molecule has 3 amide bonds. The molecule has 0 heterocycles. The molecule has 0 saturated heterocycles. The number of ether oxygens (including phenoxy) is 1. The molecule has 0 bridgehead atoms. The number of nitrogens with zero attached hydrogens (tertiary/aromatic N) is 1. The largest absolute Gasteiger partial charge is 0.444 e. The van der Waals surface area contributed by atoms with E-state index < -0.39 is 23.8 Å². The topological polar surface area (TPSA) is 87.7 Å². The van der Waals surface area contributed by atoms with E-state index in [1.807, 2.05) is 63.2 Å². The molecule has 0 saturated carbocycles. The highest BCUT2D eigenvalue weighted by molar-refractivity contribution is 5.99. The van der Waals surface area contributed by atoms with E-state index in [2.05, 4.69) is 17.6 Å². The first-order valence-electron chi connectivity index (χ1n) is 14.1. The van der Waals surface area contributed by atoms with Crippen molar-refractivity contribution >= 4 is 23.6 Å². The Morgan fingerprint density at radius 2 is 1.46 bits per heavy atom. The number of para-hydroxylation sites is 1. The summed E-state index contributed by atoms with van der Waals surface area (Å²) < 4.78 is 5.39. The fraction of sp³-hybridized carbons (Fsp3) is 0.531. The molecule has 2 aromatic carbocycles. The lowest BCUT2D eigenvalue weighted by Gasteiger charge is -2.35. The van der Waals surface area contributed by atoms with E-state index in [1.54, 1.807) is 32.6 Å². The van der Waals surface area contributed by atoms with Crippen LogP contribution in [0.4, 0.5) is 10.5 Å². The first kappa shape index (κ1) is 31.9. The lowest BCUT2D eigenvalue weighted by Crippen LogP contribution is -2.51. The Kier molecular flexibility index (Phi) is 12.0. The number of benzene rings is 2. The summed E-state index contributed by atoms with van der Waals surface area (Å²) in [7, 11) is 0. The minimum atomic E-state index is -0.881. The van der Waals surface area contributed by atoms with Gasteiger partial charge in [0.25, 0.3) is 5.91 Å². The third-order valence-corrected chi connectivity index (χ3v) is 6.67. The van der Waals surface area contributed by atoms with Crippen LogP contribution in [0.1, 0.15) is 95.0 Å². The molecule has 0 aromatic heterocycles. The molecule has 0 radical (unpaired) electrons. The summed E-state index contributed by atoms with van der Waals surface area (Å²) in [6, 6.07) is 11.7. The Morgan fingerprint density at radius 3 is 2.05 bits per heavy atom. The molecule has 0 aliphatic heterocycles. The first-order valence-corrected chi connectivity index (χ1v) is 14.1. The van der Waals surface area contributed by atoms with E-state index >= 15 is 0 Å². The SMILES string of the molecule is CCCCCCCN(C(=O)C(C)NC(=O)OC(C)(C)C)C(C(=O)Nc1ccccc1C)c1c(C)cccc1C. The van der Waals surface area contributed by atoms with Crippen LogP contribution < -0.4 is 10.6 Å². The third kappa shape index (κ3) is 9.72. The Bertz CT molecular complexity index is 1100. The molecular formula is C32H47N3O4. The average molecular weight is 538 g/mol. The monoisotopic (exact) mass is 537 g/mol. The van der Waals surface area contributed by atoms with Gasteiger partial charge in [-0.05, 0) is 83.2 Å². The van der Waals surface area contributed by atoms with Gasteiger partial charge in [0.15, 0.2) is 0 Å². The second-order valence-corrected chi connectivity index (χ2v) is 11.3. The van der Waals surface area contributed by atoms with Crippen LogP contribution >= 0.6 is 0 Å². The van der Waals surface area contributed by atoms with Crippen LogP contribution in [0.2, 0.25) is 0 Å². The number of hydrogen-bond donors (Lipinski definition) is 2. The van der Waals surface area contributed by atoms with Gasteiger partial charge in [0.05, 0.1) is 0 Å². The Morgan fingerprint density at radius 1 is 0.872 bits per heavy atom. The van der Waals surface area contributed by atoms with Crippen molar-refractivity contribution in [1.82, 2.24) is 10.2 Å². The lowest BCUT2D eigenvalue weighted by atomic mass is 9.93. The molecule has 0 aliphatic carbocycles. The number of hydrogen-bond acceptors (Lipinski definition) is 4. The van der Waals surface area contributed by atoms with Gasteiger partial charge in [0.2, 0.25) is 5.91 Å². The van der Waals surface area contributed by atoms with Crippen LogP contribution in [0.3, 0.4) is 0 Å². The summed E-state index contributed by atoms with van der Waals surface area (Å²) in [6.07, 6.45) is 4.34. The highest BCUT2D eigenvalue weighted by atomic mass is 16.6. The van der Waals surface area contributed by atoms with E-state index in [0.717, 1.165) is 54.4 Å². The van der Waals surface area contributed by atoms with E-state index in [1.165, 1.54) is 0 Å². The molecule has 0 spiro atoms. The summed E-state index contributed by atoms with van der Waals surface area (Å²) in [4.78, 5) is 42.2. The van der Waals surface area contributed by atoms with Crippen molar-refractivity contribution in [2.75, 3.05) is 11.9 Å². The summed E-state index contributed by atoms with van der Waals surface area (Å²) in [6.45, 7) is 15.4. The molecule has 2 rings (SSSR count). The number of unbranched alkanes of at least 4 members (excludes halogenated alkanes) is 4. The van der Waals surface area contributed by atoms with Gasteiger partial charge in [-0.15, -0.1) is 0 Å². The molecule has 2 N–H and O–H groups in total. The van der Waals surface area contributed by atoms with Gasteiger partial charge in [-0.25, -0.2) is 4.79 Å². The molecule has 2 atom stereocenters. The summed E-state index contributed by atoms with van der Waals surface area (Å²) in [5.41, 5.74) is 3.60. The second-order valence-electron chi connectivity index (χ2n) is 11.3. The maximum atomic E-state index is 14.1. The van der Waals surface area contributed by atoms with Gasteiger partial charge in [-0.1, -0.05) is 69.0 Å². The van der Waals surface area contributed by atoms with Gasteiger partial charge in [0, 0.05) is 12.2 Å². The Hall–Kier alpha value is -3.35. The van der Waals surface area contributed by atoms with Crippen LogP contribution in [0.25, 0.3) is 0 Å². The molecule has 2 aromatic rings. The zero-order chi connectivity index (χ0) is 29.2. The fourth-order valence-corrected chi connectivity index (χ4v) is 4.65. The predicted octanol–water partition coefficient (Wildman–Crippen LogP) is 7.00. The van der Waals surface area contributed by atoms with E-state index in [4.69, 9.17) is 4.74 Å². The highest BCUT2D eigenvalue weighted by Gasteiger charge is 2.36. The quantitative estimate of drug-likeness (QED) is 0.285. The third-order valence-electron chi connectivity index (χ3n) is 6.67. The number of carbonyl (C=O) groups excluding carboxylic acids is 3. The minimum absolute atomic E-state index is 0.284. The van der Waals surface area contributed by atoms with E-state index in [-0.39, 0.29) is 11.8 Å². The molecule has 39 heavy (non-hydrogen) atoms. The van der Waals surface area contributed by atoms with Crippen LogP contribution in [0, 0.1) is 20.8 Å². The maximum Gasteiger partial charge on any atom is 0.408 e. The standard InChI is InChI=1S/C32H47N3O4/c1-9-10-11-12-15-21-35(30(37)25(5)33-31(38)39-32(6,7)8)28(27-23(3)18-16-19-24(27)4)29(36)34-26-20-14-13-17-22(26)2/h13-14,16-20,25,28H,9-12,15,21H2,1-8H3,(H,33,38)(H,34,36). The number of rotatable bonds is 12. The van der Waals surface area contributed by atoms with Gasteiger partial charge < -0.3 is 20.3 Å². The highest BCUT2D eigenvalue weighted by Crippen LogP contribution is 2.30. The summed E-state index contributed by atoms with van der Waals surface area (Å²) in [5, 5.41) is 5.75. The van der Waals surface area contributed by atoms with Crippen molar-refractivity contribution < 1.29 is 19.1 Å². The van der Waals surface area contributed by atoms with Crippen LogP contribution in [-0.4, -0.2) is 41.0 Å². The molecule has 0 fully saturated rings. The zero-order valence-corrected chi connectivity index (χ0v) is 25.0. The normalized spacial score (nSPS) is 12.8. The Labute approximate surface area is 234 Å². The second kappa shape index (κ2) is 14.7. The lowest BCUT2D eigenvalue weighted by molar-refractivity contribution is -0.140. The zero-order valence-electron chi connectivity index (χ0n) is 25.0. The number of aryl methyl sites for hydroxylation is 3. The molecule has 0 aliphatic rings. The van der Waals surface area contributed by atoms with Crippen LogP contribution in [-0.2, 0) is 14.3 Å². The fourth-order valence-electron chi connectivity index (χ4n) is 4.65.